The molecule has 3 heterocycles. The molecule has 1 aliphatic rings. The van der Waals surface area contributed by atoms with E-state index in [0.717, 1.165) is 43.3 Å². The maximum atomic E-state index is 5.87. The fraction of sp³-hybridized carbons (Fsp3) is 0.650. The highest BCUT2D eigenvalue weighted by molar-refractivity contribution is 5.07. The molecular weight excluding hydrogens is 312 g/mol. The van der Waals surface area contributed by atoms with Crippen LogP contribution in [-0.4, -0.2) is 31.6 Å². The Hall–Kier alpha value is -1.59. The summed E-state index contributed by atoms with van der Waals surface area (Å²) in [6, 6.07) is 4.62. The van der Waals surface area contributed by atoms with Gasteiger partial charge in [0.05, 0.1) is 13.1 Å². The second kappa shape index (κ2) is 6.61. The van der Waals surface area contributed by atoms with Crippen molar-refractivity contribution in [3.8, 4) is 0 Å². The van der Waals surface area contributed by atoms with Crippen molar-refractivity contribution in [1.29, 1.82) is 0 Å². The Labute approximate surface area is 151 Å². The first kappa shape index (κ1) is 18.2. The van der Waals surface area contributed by atoms with E-state index < -0.39 is 0 Å². The molecule has 0 aromatic carbocycles. The van der Waals surface area contributed by atoms with Crippen molar-refractivity contribution < 1.29 is 4.42 Å². The van der Waals surface area contributed by atoms with Gasteiger partial charge in [0.1, 0.15) is 17.3 Å². The summed E-state index contributed by atoms with van der Waals surface area (Å²) in [5.74, 6) is 3.09. The molecule has 0 saturated carbocycles. The van der Waals surface area contributed by atoms with Crippen LogP contribution in [-0.2, 0) is 20.1 Å². The van der Waals surface area contributed by atoms with Crippen LogP contribution in [0.1, 0.15) is 57.9 Å². The molecule has 1 aliphatic heterocycles. The molecule has 25 heavy (non-hydrogen) atoms. The van der Waals surface area contributed by atoms with Gasteiger partial charge in [-0.05, 0) is 59.6 Å². The topological polar surface area (TPSA) is 46.2 Å². The summed E-state index contributed by atoms with van der Waals surface area (Å²) >= 11 is 0. The third-order valence-corrected chi connectivity index (χ3v) is 5.11. The van der Waals surface area contributed by atoms with Crippen molar-refractivity contribution in [3.05, 3.63) is 41.9 Å². The molecule has 3 rings (SSSR count). The Morgan fingerprint density at radius 1 is 1.20 bits per heavy atom. The first-order valence-electron chi connectivity index (χ1n) is 9.18. The number of rotatable bonds is 5. The van der Waals surface area contributed by atoms with Crippen LogP contribution in [0.3, 0.4) is 0 Å². The van der Waals surface area contributed by atoms with E-state index in [2.05, 4.69) is 60.6 Å². The normalized spacial score (nSPS) is 20.3. The quantitative estimate of drug-likeness (QED) is 0.900. The van der Waals surface area contributed by atoms with E-state index in [1.165, 1.54) is 0 Å². The smallest absolute Gasteiger partial charge is 0.122 e. The highest BCUT2D eigenvalue weighted by atomic mass is 16.3. The largest absolute Gasteiger partial charge is 0.465 e. The van der Waals surface area contributed by atoms with Gasteiger partial charge < -0.3 is 14.3 Å². The minimum atomic E-state index is 0.116. The fourth-order valence-electron chi connectivity index (χ4n) is 4.34. The SMILES string of the molecule is Cc1ccc(CN(Cc2nccn2C)C2CC(C)(C)NC(C)(C)C2)o1. The zero-order valence-corrected chi connectivity index (χ0v) is 16.5. The van der Waals surface area contributed by atoms with E-state index in [4.69, 9.17) is 4.42 Å². The molecule has 1 saturated heterocycles. The third kappa shape index (κ3) is 4.53. The first-order chi connectivity index (χ1) is 11.6. The van der Waals surface area contributed by atoms with E-state index in [1.807, 2.05) is 25.4 Å². The van der Waals surface area contributed by atoms with Crippen molar-refractivity contribution in [2.45, 2.75) is 77.7 Å². The maximum Gasteiger partial charge on any atom is 0.122 e. The number of nitrogens with zero attached hydrogens (tertiary/aromatic N) is 3. The second-order valence-electron chi connectivity index (χ2n) is 8.83. The number of nitrogens with one attached hydrogen (secondary N) is 1. The minimum Gasteiger partial charge on any atom is -0.465 e. The average molecular weight is 345 g/mol. The van der Waals surface area contributed by atoms with E-state index in [0.29, 0.717) is 6.04 Å². The lowest BCUT2D eigenvalue weighted by Crippen LogP contribution is -2.62. The molecule has 0 unspecified atom stereocenters. The Bertz CT molecular complexity index is 697. The van der Waals surface area contributed by atoms with Crippen LogP contribution in [0.4, 0.5) is 0 Å². The number of hydrogen-bond acceptors (Lipinski definition) is 4. The molecule has 5 heteroatoms. The molecule has 0 bridgehead atoms. The molecule has 0 spiro atoms. The predicted molar refractivity (Wildman–Crippen MR) is 100 cm³/mol. The molecule has 5 nitrogen and oxygen atoms in total. The lowest BCUT2D eigenvalue weighted by Gasteiger charge is -2.49. The maximum absolute atomic E-state index is 5.87. The van der Waals surface area contributed by atoms with Crippen molar-refractivity contribution in [2.75, 3.05) is 0 Å². The van der Waals surface area contributed by atoms with E-state index in [1.54, 1.807) is 0 Å². The molecule has 1 N–H and O–H groups in total. The summed E-state index contributed by atoms with van der Waals surface area (Å²) in [4.78, 5) is 7.08. The number of aryl methyl sites for hydroxylation is 2. The lowest BCUT2D eigenvalue weighted by atomic mass is 9.79. The molecular formula is C20H32N4O. The summed E-state index contributed by atoms with van der Waals surface area (Å²) in [7, 11) is 2.06. The van der Waals surface area contributed by atoms with Gasteiger partial charge >= 0.3 is 0 Å². The van der Waals surface area contributed by atoms with Crippen molar-refractivity contribution in [2.24, 2.45) is 7.05 Å². The van der Waals surface area contributed by atoms with Crippen LogP contribution in [0.2, 0.25) is 0 Å². The molecule has 0 radical (unpaired) electrons. The molecule has 138 valence electrons. The minimum absolute atomic E-state index is 0.116. The predicted octanol–water partition coefficient (Wildman–Crippen LogP) is 3.63. The number of hydrogen-bond donors (Lipinski definition) is 1. The van der Waals surface area contributed by atoms with Gasteiger partial charge in [-0.3, -0.25) is 4.90 Å². The monoisotopic (exact) mass is 344 g/mol. The summed E-state index contributed by atoms with van der Waals surface area (Å²) in [5.41, 5.74) is 0.233. The second-order valence-corrected chi connectivity index (χ2v) is 8.83. The Morgan fingerprint density at radius 2 is 1.88 bits per heavy atom. The van der Waals surface area contributed by atoms with Crippen LogP contribution in [0.5, 0.6) is 0 Å². The molecule has 0 aliphatic carbocycles. The highest BCUT2D eigenvalue weighted by Gasteiger charge is 2.40. The van der Waals surface area contributed by atoms with Crippen LogP contribution in [0.25, 0.3) is 0 Å². The molecule has 2 aromatic heterocycles. The zero-order valence-electron chi connectivity index (χ0n) is 16.5. The van der Waals surface area contributed by atoms with Gasteiger partial charge in [0.25, 0.3) is 0 Å². The third-order valence-electron chi connectivity index (χ3n) is 5.11. The van der Waals surface area contributed by atoms with E-state index in [-0.39, 0.29) is 11.1 Å². The van der Waals surface area contributed by atoms with Crippen LogP contribution in [0.15, 0.2) is 28.9 Å². The van der Waals surface area contributed by atoms with Gasteiger partial charge in [-0.2, -0.15) is 0 Å². The lowest BCUT2D eigenvalue weighted by molar-refractivity contribution is 0.0500. The molecule has 1 fully saturated rings. The van der Waals surface area contributed by atoms with Gasteiger partial charge in [-0.15, -0.1) is 0 Å². The van der Waals surface area contributed by atoms with Gasteiger partial charge in [-0.25, -0.2) is 4.98 Å². The summed E-state index contributed by atoms with van der Waals surface area (Å²) in [6.45, 7) is 12.9. The Balaban J connectivity index is 1.85. The van der Waals surface area contributed by atoms with Crippen molar-refractivity contribution >= 4 is 0 Å². The van der Waals surface area contributed by atoms with Gasteiger partial charge in [0.15, 0.2) is 0 Å². The first-order valence-corrected chi connectivity index (χ1v) is 9.18. The van der Waals surface area contributed by atoms with E-state index >= 15 is 0 Å². The van der Waals surface area contributed by atoms with Gasteiger partial charge in [-0.1, -0.05) is 0 Å². The zero-order chi connectivity index (χ0) is 18.2. The summed E-state index contributed by atoms with van der Waals surface area (Å²) < 4.78 is 7.98. The summed E-state index contributed by atoms with van der Waals surface area (Å²) in [5, 5.41) is 3.78. The van der Waals surface area contributed by atoms with E-state index in [9.17, 15) is 0 Å². The molecule has 2 aromatic rings. The summed E-state index contributed by atoms with van der Waals surface area (Å²) in [6.07, 6.45) is 6.11. The highest BCUT2D eigenvalue weighted by Crippen LogP contribution is 2.33. The van der Waals surface area contributed by atoms with Gasteiger partial charge in [0.2, 0.25) is 0 Å². The van der Waals surface area contributed by atoms with Crippen molar-refractivity contribution in [1.82, 2.24) is 19.8 Å². The number of imidazole rings is 1. The van der Waals surface area contributed by atoms with Gasteiger partial charge in [0, 0.05) is 36.6 Å². The Kier molecular flexibility index (Phi) is 4.82. The average Bonchev–Trinajstić information content (AvgIpc) is 3.04. The standard InChI is InChI=1S/C20H32N4O/c1-15-7-8-17(25-15)13-24(14-18-21-9-10-23(18)6)16-11-19(2,3)22-20(4,5)12-16/h7-10,16,22H,11-14H2,1-6H3. The number of furan rings is 1. The Morgan fingerprint density at radius 3 is 2.40 bits per heavy atom. The van der Waals surface area contributed by atoms with Crippen LogP contribution in [0, 0.1) is 6.92 Å². The number of piperidine rings is 1. The van der Waals surface area contributed by atoms with Crippen LogP contribution >= 0.6 is 0 Å². The fourth-order valence-corrected chi connectivity index (χ4v) is 4.34. The number of aromatic nitrogens is 2. The van der Waals surface area contributed by atoms with Crippen molar-refractivity contribution in [3.63, 3.8) is 0 Å². The molecule has 0 amide bonds. The van der Waals surface area contributed by atoms with Crippen LogP contribution < -0.4 is 5.32 Å². The molecule has 0 atom stereocenters.